The Morgan fingerprint density at radius 3 is 1.48 bits per heavy atom. The van der Waals surface area contributed by atoms with Gasteiger partial charge in [-0.2, -0.15) is 0 Å². The zero-order chi connectivity index (χ0) is 21.1. The lowest BCUT2D eigenvalue weighted by Crippen LogP contribution is -2.59. The molecule has 0 aromatic heterocycles. The molecule has 154 valence electrons. The van der Waals surface area contributed by atoms with Crippen molar-refractivity contribution in [2.75, 3.05) is 0 Å². The lowest BCUT2D eigenvalue weighted by Gasteiger charge is -2.39. The van der Waals surface area contributed by atoms with Crippen molar-refractivity contribution in [3.05, 3.63) is 121 Å². The molecule has 0 spiro atoms. The second-order valence-corrected chi connectivity index (χ2v) is 13.0. The Morgan fingerprint density at radius 2 is 1.00 bits per heavy atom. The Morgan fingerprint density at radius 1 is 0.548 bits per heavy atom. The fourth-order valence-corrected chi connectivity index (χ4v) is 10.4. The molecule has 0 N–H and O–H groups in total. The van der Waals surface area contributed by atoms with E-state index in [1.54, 1.807) is 10.4 Å². The van der Waals surface area contributed by atoms with Gasteiger partial charge in [-0.3, -0.25) is 0 Å². The van der Waals surface area contributed by atoms with Crippen LogP contribution < -0.4 is 10.4 Å². The standard InChI is InChI=1S/C29H27FSi/c30-27-17-15-25(16-18-27)23-11-13-24(14-12-23)26-19-21-31(22-20-26,28-7-3-1-4-8-28)29-9-5-2-6-10-29/h1-18,26H,19-22H2. The minimum absolute atomic E-state index is 0.188. The van der Waals surface area contributed by atoms with Crippen LogP contribution in [-0.4, -0.2) is 8.07 Å². The van der Waals surface area contributed by atoms with Crippen LogP contribution >= 0.6 is 0 Å². The Hall–Kier alpha value is -2.97. The number of hydrogen-bond donors (Lipinski definition) is 0. The van der Waals surface area contributed by atoms with E-state index in [0.717, 1.165) is 11.1 Å². The summed E-state index contributed by atoms with van der Waals surface area (Å²) in [5.74, 6) is 0.433. The highest BCUT2D eigenvalue weighted by molar-refractivity contribution is 7.02. The van der Waals surface area contributed by atoms with Gasteiger partial charge >= 0.3 is 0 Å². The van der Waals surface area contributed by atoms with Gasteiger partial charge in [0, 0.05) is 0 Å². The summed E-state index contributed by atoms with van der Waals surface area (Å²) in [7, 11) is -1.71. The highest BCUT2D eigenvalue weighted by atomic mass is 28.3. The SMILES string of the molecule is Fc1ccc(-c2ccc(C3CC[Si](c4ccccc4)(c4ccccc4)CC3)cc2)cc1. The molecule has 0 unspecified atom stereocenters. The van der Waals surface area contributed by atoms with Crippen molar-refractivity contribution >= 4 is 18.4 Å². The zero-order valence-electron chi connectivity index (χ0n) is 17.7. The van der Waals surface area contributed by atoms with E-state index < -0.39 is 8.07 Å². The van der Waals surface area contributed by atoms with Gasteiger partial charge in [-0.25, -0.2) is 4.39 Å². The smallest absolute Gasteiger partial charge is 0.123 e. The first kappa shape index (κ1) is 20.0. The molecule has 0 saturated carbocycles. The fourth-order valence-electron chi connectivity index (χ4n) is 5.29. The van der Waals surface area contributed by atoms with Crippen molar-refractivity contribution in [3.63, 3.8) is 0 Å². The van der Waals surface area contributed by atoms with Crippen LogP contribution in [0.5, 0.6) is 0 Å². The molecular formula is C29H27FSi. The summed E-state index contributed by atoms with van der Waals surface area (Å²) in [4.78, 5) is 0. The number of halogens is 1. The molecule has 1 aliphatic heterocycles. The van der Waals surface area contributed by atoms with Crippen molar-refractivity contribution in [1.29, 1.82) is 0 Å². The van der Waals surface area contributed by atoms with E-state index in [2.05, 4.69) is 84.9 Å². The van der Waals surface area contributed by atoms with Gasteiger partial charge < -0.3 is 0 Å². The van der Waals surface area contributed by atoms with E-state index in [4.69, 9.17) is 0 Å². The maximum Gasteiger partial charge on any atom is 0.123 e. The molecule has 0 atom stereocenters. The monoisotopic (exact) mass is 422 g/mol. The van der Waals surface area contributed by atoms with Crippen LogP contribution in [0.15, 0.2) is 109 Å². The van der Waals surface area contributed by atoms with Crippen LogP contribution in [0, 0.1) is 5.82 Å². The van der Waals surface area contributed by atoms with Gasteiger partial charge in [0.05, 0.1) is 0 Å². The van der Waals surface area contributed by atoms with Crippen LogP contribution in [0.3, 0.4) is 0 Å². The molecule has 0 radical (unpaired) electrons. The lowest BCUT2D eigenvalue weighted by atomic mass is 9.92. The first-order valence-electron chi connectivity index (χ1n) is 11.2. The Balaban J connectivity index is 1.38. The van der Waals surface area contributed by atoms with Gasteiger partial charge in [0.25, 0.3) is 0 Å². The molecule has 0 amide bonds. The Labute approximate surface area is 185 Å². The number of benzene rings is 4. The highest BCUT2D eigenvalue weighted by Crippen LogP contribution is 2.38. The quantitative estimate of drug-likeness (QED) is 0.324. The average molecular weight is 423 g/mol. The summed E-state index contributed by atoms with van der Waals surface area (Å²) in [6.45, 7) is 0. The fraction of sp³-hybridized carbons (Fsp3) is 0.172. The second-order valence-electron chi connectivity index (χ2n) is 8.72. The lowest BCUT2D eigenvalue weighted by molar-refractivity contribution is 0.606. The molecule has 4 aromatic carbocycles. The topological polar surface area (TPSA) is 0 Å². The van der Waals surface area contributed by atoms with Crippen molar-refractivity contribution in [2.45, 2.75) is 30.8 Å². The summed E-state index contributed by atoms with van der Waals surface area (Å²) >= 11 is 0. The molecule has 0 aliphatic carbocycles. The molecule has 1 aliphatic rings. The summed E-state index contributed by atoms with van der Waals surface area (Å²) in [6.07, 6.45) is 2.48. The van der Waals surface area contributed by atoms with Crippen molar-refractivity contribution in [2.24, 2.45) is 0 Å². The molecule has 1 fully saturated rings. The van der Waals surface area contributed by atoms with E-state index in [-0.39, 0.29) is 5.82 Å². The molecule has 5 rings (SSSR count). The largest absolute Gasteiger partial charge is 0.207 e. The minimum atomic E-state index is -1.71. The van der Waals surface area contributed by atoms with E-state index in [1.165, 1.54) is 42.6 Å². The molecule has 2 heteroatoms. The predicted octanol–water partition coefficient (Wildman–Crippen LogP) is 6.63. The predicted molar refractivity (Wildman–Crippen MR) is 131 cm³/mol. The third-order valence-corrected chi connectivity index (χ3v) is 12.2. The van der Waals surface area contributed by atoms with Gasteiger partial charge in [-0.1, -0.05) is 107 Å². The Kier molecular flexibility index (Phi) is 5.56. The summed E-state index contributed by atoms with van der Waals surface area (Å²) in [6, 6.07) is 40.8. The van der Waals surface area contributed by atoms with Gasteiger partial charge in [0.15, 0.2) is 0 Å². The number of rotatable bonds is 4. The van der Waals surface area contributed by atoms with E-state index >= 15 is 0 Å². The minimum Gasteiger partial charge on any atom is -0.207 e. The molecule has 31 heavy (non-hydrogen) atoms. The normalized spacial score (nSPS) is 16.2. The third kappa shape index (κ3) is 4.00. The summed E-state index contributed by atoms with van der Waals surface area (Å²) < 4.78 is 13.2. The number of hydrogen-bond acceptors (Lipinski definition) is 0. The van der Waals surface area contributed by atoms with Crippen molar-refractivity contribution in [3.8, 4) is 11.1 Å². The molecule has 1 heterocycles. The average Bonchev–Trinajstić information content (AvgIpc) is 2.86. The van der Waals surface area contributed by atoms with Crippen LogP contribution in [-0.2, 0) is 0 Å². The molecular weight excluding hydrogens is 395 g/mol. The van der Waals surface area contributed by atoms with Crippen LogP contribution in [0.2, 0.25) is 12.1 Å². The van der Waals surface area contributed by atoms with E-state index in [9.17, 15) is 4.39 Å². The maximum absolute atomic E-state index is 13.2. The maximum atomic E-state index is 13.2. The van der Waals surface area contributed by atoms with Crippen LogP contribution in [0.1, 0.15) is 24.3 Å². The molecule has 4 aromatic rings. The van der Waals surface area contributed by atoms with Crippen molar-refractivity contribution < 1.29 is 4.39 Å². The zero-order valence-corrected chi connectivity index (χ0v) is 18.7. The van der Waals surface area contributed by atoms with E-state index in [1.807, 2.05) is 12.1 Å². The first-order valence-corrected chi connectivity index (χ1v) is 13.6. The van der Waals surface area contributed by atoms with Gasteiger partial charge in [0.2, 0.25) is 0 Å². The Bertz CT molecular complexity index is 1070. The first-order chi connectivity index (χ1) is 15.2. The van der Waals surface area contributed by atoms with Gasteiger partial charge in [-0.15, -0.1) is 0 Å². The van der Waals surface area contributed by atoms with E-state index in [0.29, 0.717) is 5.92 Å². The molecule has 0 nitrogen and oxygen atoms in total. The van der Waals surface area contributed by atoms with Crippen molar-refractivity contribution in [1.82, 2.24) is 0 Å². The summed E-state index contributed by atoms with van der Waals surface area (Å²) in [5, 5.41) is 3.15. The summed E-state index contributed by atoms with van der Waals surface area (Å²) in [5.41, 5.74) is 3.66. The second kappa shape index (κ2) is 8.64. The third-order valence-electron chi connectivity index (χ3n) is 7.05. The van der Waals surface area contributed by atoms with Gasteiger partial charge in [0.1, 0.15) is 13.9 Å². The highest BCUT2D eigenvalue weighted by Gasteiger charge is 2.40. The van der Waals surface area contributed by atoms with Crippen LogP contribution in [0.4, 0.5) is 4.39 Å². The van der Waals surface area contributed by atoms with Crippen LogP contribution in [0.25, 0.3) is 11.1 Å². The molecule has 0 bridgehead atoms. The van der Waals surface area contributed by atoms with Gasteiger partial charge in [-0.05, 0) is 59.7 Å². The molecule has 1 saturated heterocycles.